The van der Waals surface area contributed by atoms with E-state index in [0.29, 0.717) is 24.9 Å². The van der Waals surface area contributed by atoms with Gasteiger partial charge in [-0.2, -0.15) is 0 Å². The molecule has 2 unspecified atom stereocenters. The van der Waals surface area contributed by atoms with E-state index in [-0.39, 0.29) is 11.7 Å². The van der Waals surface area contributed by atoms with E-state index < -0.39 is 12.3 Å². The molecule has 5 N–H and O–H groups in total. The minimum Gasteiger partial charge on any atom is -0.506 e. The standard InChI is InChI=1S/C13H16N4O3/c14-10-6-7(4-5-17(10)13(19)20)12-15-8-2-1-3-9(18)11(8)16-12/h1-3,7,10,18H,4-6,14H2,(H,15,16)(H,19,20). The van der Waals surface area contributed by atoms with Crippen LogP contribution in [0.3, 0.4) is 0 Å². The fourth-order valence-electron chi connectivity index (χ4n) is 2.71. The van der Waals surface area contributed by atoms with Crippen LogP contribution in [0.1, 0.15) is 24.6 Å². The van der Waals surface area contributed by atoms with E-state index in [2.05, 4.69) is 9.97 Å². The van der Waals surface area contributed by atoms with Crippen molar-refractivity contribution in [3.63, 3.8) is 0 Å². The van der Waals surface area contributed by atoms with Gasteiger partial charge in [0.15, 0.2) is 0 Å². The molecule has 1 fully saturated rings. The smallest absolute Gasteiger partial charge is 0.408 e. The van der Waals surface area contributed by atoms with Gasteiger partial charge in [0, 0.05) is 12.5 Å². The van der Waals surface area contributed by atoms with Crippen LogP contribution >= 0.6 is 0 Å². The number of H-pyrrole nitrogens is 1. The first-order chi connectivity index (χ1) is 9.56. The van der Waals surface area contributed by atoms with Crippen molar-refractivity contribution >= 4 is 17.1 Å². The zero-order chi connectivity index (χ0) is 14.3. The van der Waals surface area contributed by atoms with Gasteiger partial charge in [-0.15, -0.1) is 0 Å². The Morgan fingerprint density at radius 2 is 2.30 bits per heavy atom. The number of likely N-dealkylation sites (tertiary alicyclic amines) is 1. The number of phenols is 1. The molecule has 1 aromatic heterocycles. The Hall–Kier alpha value is -2.28. The number of hydrogen-bond donors (Lipinski definition) is 4. The number of carbonyl (C=O) groups is 1. The number of aromatic nitrogens is 2. The number of aromatic amines is 1. The summed E-state index contributed by atoms with van der Waals surface area (Å²) in [5, 5.41) is 18.8. The van der Waals surface area contributed by atoms with Crippen molar-refractivity contribution in [3.8, 4) is 5.75 Å². The van der Waals surface area contributed by atoms with Crippen LogP contribution in [0.4, 0.5) is 4.79 Å². The summed E-state index contributed by atoms with van der Waals surface area (Å²) in [6.45, 7) is 0.393. The maximum Gasteiger partial charge on any atom is 0.408 e. The van der Waals surface area contributed by atoms with E-state index in [1.165, 1.54) is 4.90 Å². The first-order valence-corrected chi connectivity index (χ1v) is 6.49. The van der Waals surface area contributed by atoms with E-state index in [4.69, 9.17) is 10.8 Å². The fourth-order valence-corrected chi connectivity index (χ4v) is 2.71. The number of rotatable bonds is 1. The lowest BCUT2D eigenvalue weighted by Gasteiger charge is -2.34. The third-order valence-corrected chi connectivity index (χ3v) is 3.79. The number of nitrogens with zero attached hydrogens (tertiary/aromatic N) is 2. The van der Waals surface area contributed by atoms with Crippen molar-refractivity contribution in [1.29, 1.82) is 0 Å². The molecule has 3 rings (SSSR count). The average Bonchev–Trinajstić information content (AvgIpc) is 2.83. The van der Waals surface area contributed by atoms with Crippen LogP contribution in [-0.2, 0) is 0 Å². The summed E-state index contributed by atoms with van der Waals surface area (Å²) >= 11 is 0. The lowest BCUT2D eigenvalue weighted by molar-refractivity contribution is 0.102. The highest BCUT2D eigenvalue weighted by Gasteiger charge is 2.31. The Morgan fingerprint density at radius 1 is 1.50 bits per heavy atom. The number of para-hydroxylation sites is 1. The summed E-state index contributed by atoms with van der Waals surface area (Å²) in [4.78, 5) is 19.8. The largest absolute Gasteiger partial charge is 0.506 e. The molecule has 2 heterocycles. The monoisotopic (exact) mass is 276 g/mol. The second kappa shape index (κ2) is 4.68. The summed E-state index contributed by atoms with van der Waals surface area (Å²) < 4.78 is 0. The predicted octanol–water partition coefficient (Wildman–Crippen LogP) is 1.41. The number of nitrogens with two attached hydrogens (primary N) is 1. The van der Waals surface area contributed by atoms with Crippen molar-refractivity contribution in [2.45, 2.75) is 24.9 Å². The van der Waals surface area contributed by atoms with Crippen LogP contribution in [0.25, 0.3) is 11.0 Å². The van der Waals surface area contributed by atoms with Gasteiger partial charge in [0.2, 0.25) is 0 Å². The molecule has 2 atom stereocenters. The number of phenolic OH excluding ortho intramolecular Hbond substituents is 1. The van der Waals surface area contributed by atoms with Gasteiger partial charge in [0.25, 0.3) is 0 Å². The molecule has 1 aromatic carbocycles. The molecule has 7 heteroatoms. The molecule has 0 aliphatic carbocycles. The van der Waals surface area contributed by atoms with Gasteiger partial charge in [-0.3, -0.25) is 4.90 Å². The Labute approximate surface area is 115 Å². The van der Waals surface area contributed by atoms with Gasteiger partial charge in [-0.05, 0) is 25.0 Å². The van der Waals surface area contributed by atoms with Crippen LogP contribution in [-0.4, -0.2) is 43.9 Å². The molecule has 106 valence electrons. The number of nitrogens with one attached hydrogen (secondary N) is 1. The number of imidazole rings is 1. The maximum atomic E-state index is 11.0. The minimum absolute atomic E-state index is 0.0763. The molecule has 1 amide bonds. The molecule has 1 aliphatic rings. The lowest BCUT2D eigenvalue weighted by Crippen LogP contribution is -2.50. The molecule has 0 saturated carbocycles. The number of hydrogen-bond acceptors (Lipinski definition) is 4. The average molecular weight is 276 g/mol. The molecule has 0 radical (unpaired) electrons. The number of fused-ring (bicyclic) bond motifs is 1. The van der Waals surface area contributed by atoms with E-state index in [1.54, 1.807) is 12.1 Å². The van der Waals surface area contributed by atoms with Crippen molar-refractivity contribution in [3.05, 3.63) is 24.0 Å². The minimum atomic E-state index is -0.988. The van der Waals surface area contributed by atoms with Crippen LogP contribution in [0.2, 0.25) is 0 Å². The molecule has 1 aliphatic heterocycles. The number of aromatic hydroxyl groups is 1. The maximum absolute atomic E-state index is 11.0. The third-order valence-electron chi connectivity index (χ3n) is 3.79. The Bertz CT molecular complexity index is 654. The molecule has 0 spiro atoms. The van der Waals surface area contributed by atoms with Crippen LogP contribution in [0.15, 0.2) is 18.2 Å². The molecular weight excluding hydrogens is 260 g/mol. The lowest BCUT2D eigenvalue weighted by atomic mass is 9.94. The fraction of sp³-hybridized carbons (Fsp3) is 0.385. The second-order valence-electron chi connectivity index (χ2n) is 5.06. The number of piperidine rings is 1. The molecule has 20 heavy (non-hydrogen) atoms. The summed E-state index contributed by atoms with van der Waals surface area (Å²) in [5.41, 5.74) is 7.20. The summed E-state index contributed by atoms with van der Waals surface area (Å²) in [5.74, 6) is 0.964. The Morgan fingerprint density at radius 3 is 2.95 bits per heavy atom. The van der Waals surface area contributed by atoms with Gasteiger partial charge in [0.05, 0.1) is 11.7 Å². The zero-order valence-corrected chi connectivity index (χ0v) is 10.8. The predicted molar refractivity (Wildman–Crippen MR) is 72.4 cm³/mol. The number of benzene rings is 1. The second-order valence-corrected chi connectivity index (χ2v) is 5.06. The van der Waals surface area contributed by atoms with Gasteiger partial charge in [-0.25, -0.2) is 9.78 Å². The van der Waals surface area contributed by atoms with Gasteiger partial charge in [-0.1, -0.05) is 6.07 Å². The summed E-state index contributed by atoms with van der Waals surface area (Å²) in [6.07, 6.45) is -0.320. The number of amides is 1. The molecule has 2 aromatic rings. The molecule has 1 saturated heterocycles. The molecule has 7 nitrogen and oxygen atoms in total. The van der Waals surface area contributed by atoms with E-state index in [1.807, 2.05) is 6.07 Å². The Kier molecular flexibility index (Phi) is 2.98. The zero-order valence-electron chi connectivity index (χ0n) is 10.8. The normalized spacial score (nSPS) is 23.1. The highest BCUT2D eigenvalue weighted by molar-refractivity contribution is 5.81. The molecule has 0 bridgehead atoms. The van der Waals surface area contributed by atoms with Crippen molar-refractivity contribution in [2.75, 3.05) is 6.54 Å². The highest BCUT2D eigenvalue weighted by Crippen LogP contribution is 2.31. The number of carboxylic acid groups (broad SMARTS) is 1. The topological polar surface area (TPSA) is 115 Å². The first-order valence-electron chi connectivity index (χ1n) is 6.49. The quantitative estimate of drug-likeness (QED) is 0.628. The van der Waals surface area contributed by atoms with Crippen molar-refractivity contribution < 1.29 is 15.0 Å². The van der Waals surface area contributed by atoms with Crippen LogP contribution < -0.4 is 5.73 Å². The van der Waals surface area contributed by atoms with Crippen molar-refractivity contribution in [2.24, 2.45) is 5.73 Å². The molecular formula is C13H16N4O3. The van der Waals surface area contributed by atoms with Gasteiger partial charge >= 0.3 is 6.09 Å². The SMILES string of the molecule is NC1CC(c2nc3c(O)cccc3[nH]2)CCN1C(=O)O. The van der Waals surface area contributed by atoms with Gasteiger partial charge < -0.3 is 20.9 Å². The van der Waals surface area contributed by atoms with Gasteiger partial charge in [0.1, 0.15) is 17.1 Å². The first kappa shape index (κ1) is 12.7. The Balaban J connectivity index is 1.86. The van der Waals surface area contributed by atoms with Crippen molar-refractivity contribution in [1.82, 2.24) is 14.9 Å². The van der Waals surface area contributed by atoms with E-state index in [9.17, 15) is 9.90 Å². The highest BCUT2D eigenvalue weighted by atomic mass is 16.4. The van der Waals surface area contributed by atoms with Crippen LogP contribution in [0, 0.1) is 0 Å². The van der Waals surface area contributed by atoms with E-state index >= 15 is 0 Å². The van der Waals surface area contributed by atoms with E-state index in [0.717, 1.165) is 11.3 Å². The summed E-state index contributed by atoms with van der Waals surface area (Å²) in [6, 6.07) is 5.18. The third kappa shape index (κ3) is 2.05. The summed E-state index contributed by atoms with van der Waals surface area (Å²) in [7, 11) is 0. The van der Waals surface area contributed by atoms with Crippen LogP contribution in [0.5, 0.6) is 5.75 Å².